The molecule has 0 spiro atoms. The van der Waals surface area contributed by atoms with Crippen LogP contribution in [0.2, 0.25) is 0 Å². The molecule has 0 N–H and O–H groups in total. The maximum Gasteiger partial charge on any atom is 0.268 e. The van der Waals surface area contributed by atoms with E-state index in [1.165, 1.54) is 4.31 Å². The summed E-state index contributed by atoms with van der Waals surface area (Å²) in [5.74, 6) is 1.09. The van der Waals surface area contributed by atoms with Gasteiger partial charge in [0, 0.05) is 12.6 Å². The van der Waals surface area contributed by atoms with Gasteiger partial charge in [-0.2, -0.15) is 0 Å². The van der Waals surface area contributed by atoms with E-state index < -0.39 is 10.0 Å². The van der Waals surface area contributed by atoms with Crippen LogP contribution in [0.25, 0.3) is 5.65 Å². The Labute approximate surface area is 183 Å². The van der Waals surface area contributed by atoms with E-state index in [0.29, 0.717) is 23.7 Å². The molecule has 0 bridgehead atoms. The summed E-state index contributed by atoms with van der Waals surface area (Å²) in [7, 11) is -3.90. The molecule has 2 aromatic heterocycles. The second-order valence-electron chi connectivity index (χ2n) is 7.78. The minimum atomic E-state index is -3.90. The number of nitrogens with zero attached hydrogens (tertiary/aromatic N) is 4. The second-order valence-corrected chi connectivity index (χ2v) is 9.61. The van der Waals surface area contributed by atoms with E-state index in [0.717, 1.165) is 17.0 Å². The van der Waals surface area contributed by atoms with Crippen LogP contribution in [-0.2, 0) is 23.0 Å². The van der Waals surface area contributed by atoms with E-state index in [-0.39, 0.29) is 11.4 Å². The molecule has 31 heavy (non-hydrogen) atoms. The van der Waals surface area contributed by atoms with Gasteiger partial charge in [-0.15, -0.1) is 10.2 Å². The zero-order valence-electron chi connectivity index (χ0n) is 17.9. The third kappa shape index (κ3) is 4.05. The Morgan fingerprint density at radius 3 is 2.29 bits per heavy atom. The molecule has 0 aliphatic heterocycles. The van der Waals surface area contributed by atoms with Crippen LogP contribution in [0.15, 0.2) is 77.8 Å². The summed E-state index contributed by atoms with van der Waals surface area (Å²) in [5.41, 5.74) is 3.02. The van der Waals surface area contributed by atoms with Crippen LogP contribution in [0.3, 0.4) is 0 Å². The van der Waals surface area contributed by atoms with Crippen molar-refractivity contribution >= 4 is 21.4 Å². The highest BCUT2D eigenvalue weighted by Gasteiger charge is 2.29. The van der Waals surface area contributed by atoms with Gasteiger partial charge in [-0.3, -0.25) is 8.71 Å². The number of fused-ring (bicyclic) bond motifs is 1. The number of aryl methyl sites for hydroxylation is 1. The monoisotopic (exact) mass is 434 g/mol. The first-order chi connectivity index (χ1) is 14.9. The van der Waals surface area contributed by atoms with Crippen LogP contribution in [0.1, 0.15) is 43.6 Å². The van der Waals surface area contributed by atoms with Crippen molar-refractivity contribution in [2.45, 2.75) is 44.6 Å². The van der Waals surface area contributed by atoms with Crippen molar-refractivity contribution in [3.05, 3.63) is 89.9 Å². The number of sulfonamides is 1. The minimum absolute atomic E-state index is 0.145. The van der Waals surface area contributed by atoms with Crippen LogP contribution in [0.4, 0.5) is 5.69 Å². The van der Waals surface area contributed by atoms with E-state index in [2.05, 4.69) is 24.0 Å². The number of pyridine rings is 1. The van der Waals surface area contributed by atoms with Crippen LogP contribution in [0, 0.1) is 0 Å². The fourth-order valence-corrected chi connectivity index (χ4v) is 5.17. The minimum Gasteiger partial charge on any atom is -0.285 e. The summed E-state index contributed by atoms with van der Waals surface area (Å²) in [6.07, 6.45) is 2.46. The smallest absolute Gasteiger partial charge is 0.268 e. The van der Waals surface area contributed by atoms with Gasteiger partial charge in [0.15, 0.2) is 5.65 Å². The SMILES string of the molecule is CCc1nnc2c(S(=O)(=O)N(Cc3ccccc3)c3ccc(C(C)C)cc3)cccn12. The summed E-state index contributed by atoms with van der Waals surface area (Å²) >= 11 is 0. The summed E-state index contributed by atoms with van der Waals surface area (Å²) in [6.45, 7) is 6.42. The molecule has 4 aromatic rings. The first-order valence-corrected chi connectivity index (χ1v) is 11.8. The molecule has 0 fully saturated rings. The molecule has 0 radical (unpaired) electrons. The van der Waals surface area contributed by atoms with E-state index in [9.17, 15) is 8.42 Å². The molecule has 2 aromatic carbocycles. The zero-order valence-corrected chi connectivity index (χ0v) is 18.7. The van der Waals surface area contributed by atoms with E-state index in [1.54, 1.807) is 22.7 Å². The van der Waals surface area contributed by atoms with Crippen LogP contribution < -0.4 is 4.31 Å². The number of benzene rings is 2. The molecule has 0 aliphatic carbocycles. The van der Waals surface area contributed by atoms with Crippen molar-refractivity contribution in [2.75, 3.05) is 4.31 Å². The Kier molecular flexibility index (Phi) is 5.78. The lowest BCUT2D eigenvalue weighted by Crippen LogP contribution is -2.31. The number of hydrogen-bond acceptors (Lipinski definition) is 4. The van der Waals surface area contributed by atoms with Gasteiger partial charge in [0.1, 0.15) is 10.7 Å². The summed E-state index contributed by atoms with van der Waals surface area (Å²) < 4.78 is 31.0. The predicted octanol–water partition coefficient (Wildman–Crippen LogP) is 4.81. The molecular weight excluding hydrogens is 408 g/mol. The normalized spacial score (nSPS) is 11.9. The van der Waals surface area contributed by atoms with Gasteiger partial charge in [-0.05, 0) is 41.3 Å². The van der Waals surface area contributed by atoms with E-state index in [1.807, 2.05) is 61.5 Å². The van der Waals surface area contributed by atoms with Gasteiger partial charge in [0.25, 0.3) is 10.0 Å². The van der Waals surface area contributed by atoms with Gasteiger partial charge in [-0.25, -0.2) is 8.42 Å². The molecule has 0 atom stereocenters. The van der Waals surface area contributed by atoms with Crippen LogP contribution in [0.5, 0.6) is 0 Å². The number of hydrogen-bond donors (Lipinski definition) is 0. The van der Waals surface area contributed by atoms with Crippen molar-refractivity contribution in [1.29, 1.82) is 0 Å². The average Bonchev–Trinajstić information content (AvgIpc) is 3.21. The quantitative estimate of drug-likeness (QED) is 0.419. The van der Waals surface area contributed by atoms with Crippen LogP contribution >= 0.6 is 0 Å². The summed E-state index contributed by atoms with van der Waals surface area (Å²) in [6, 6.07) is 20.6. The maximum absolute atomic E-state index is 13.9. The predicted molar refractivity (Wildman–Crippen MR) is 123 cm³/mol. The number of anilines is 1. The van der Waals surface area contributed by atoms with Crippen molar-refractivity contribution in [2.24, 2.45) is 0 Å². The molecule has 0 saturated carbocycles. The Morgan fingerprint density at radius 1 is 0.935 bits per heavy atom. The highest BCUT2D eigenvalue weighted by Crippen LogP contribution is 2.29. The number of aromatic nitrogens is 3. The lowest BCUT2D eigenvalue weighted by atomic mass is 10.0. The standard InChI is InChI=1S/C24H26N4O2S/c1-4-23-25-26-24-22(11-8-16-27(23)24)31(29,30)28(17-19-9-6-5-7-10-19)21-14-12-20(13-15-21)18(2)3/h5-16,18H,4,17H2,1-3H3. The zero-order chi connectivity index (χ0) is 22.0. The highest BCUT2D eigenvalue weighted by atomic mass is 32.2. The lowest BCUT2D eigenvalue weighted by Gasteiger charge is -2.25. The molecule has 2 heterocycles. The van der Waals surface area contributed by atoms with Crippen molar-refractivity contribution in [3.8, 4) is 0 Å². The molecule has 0 unspecified atom stereocenters. The fourth-order valence-electron chi connectivity index (χ4n) is 3.59. The molecule has 160 valence electrons. The highest BCUT2D eigenvalue weighted by molar-refractivity contribution is 7.93. The first-order valence-electron chi connectivity index (χ1n) is 10.4. The van der Waals surface area contributed by atoms with Crippen molar-refractivity contribution < 1.29 is 8.42 Å². The molecule has 0 saturated heterocycles. The summed E-state index contributed by atoms with van der Waals surface area (Å²) in [4.78, 5) is 0.145. The van der Waals surface area contributed by atoms with Crippen molar-refractivity contribution in [3.63, 3.8) is 0 Å². The fraction of sp³-hybridized carbons (Fsp3) is 0.250. The Balaban J connectivity index is 1.85. The molecule has 0 aliphatic rings. The Morgan fingerprint density at radius 2 is 1.65 bits per heavy atom. The molecule has 7 heteroatoms. The Hall–Kier alpha value is -3.19. The van der Waals surface area contributed by atoms with Gasteiger partial charge >= 0.3 is 0 Å². The third-order valence-corrected chi connectivity index (χ3v) is 7.17. The third-order valence-electron chi connectivity index (χ3n) is 5.37. The second kappa shape index (κ2) is 8.51. The summed E-state index contributed by atoms with van der Waals surface area (Å²) in [5, 5.41) is 8.35. The molecule has 0 amide bonds. The molecule has 6 nitrogen and oxygen atoms in total. The maximum atomic E-state index is 13.9. The Bertz CT molecular complexity index is 1280. The average molecular weight is 435 g/mol. The molecular formula is C24H26N4O2S. The topological polar surface area (TPSA) is 67.6 Å². The molecule has 4 rings (SSSR count). The van der Waals surface area contributed by atoms with Gasteiger partial charge in [0.2, 0.25) is 0 Å². The van der Waals surface area contributed by atoms with E-state index in [4.69, 9.17) is 0 Å². The van der Waals surface area contributed by atoms with Crippen molar-refractivity contribution in [1.82, 2.24) is 14.6 Å². The number of rotatable bonds is 7. The van der Waals surface area contributed by atoms with Gasteiger partial charge in [-0.1, -0.05) is 63.2 Å². The first kappa shape index (κ1) is 21.1. The van der Waals surface area contributed by atoms with E-state index >= 15 is 0 Å². The van der Waals surface area contributed by atoms with Gasteiger partial charge in [0.05, 0.1) is 12.2 Å². The lowest BCUT2D eigenvalue weighted by molar-refractivity contribution is 0.590. The van der Waals surface area contributed by atoms with Crippen LogP contribution in [-0.4, -0.2) is 23.0 Å². The largest absolute Gasteiger partial charge is 0.285 e. The van der Waals surface area contributed by atoms with Gasteiger partial charge < -0.3 is 0 Å².